The summed E-state index contributed by atoms with van der Waals surface area (Å²) in [6.07, 6.45) is -4.44. The largest absolute Gasteiger partial charge is 0.497 e. The van der Waals surface area contributed by atoms with Gasteiger partial charge in [-0.05, 0) is 60.5 Å². The van der Waals surface area contributed by atoms with E-state index >= 15 is 0 Å². The Morgan fingerprint density at radius 2 is 1.76 bits per heavy atom. The molecule has 0 aliphatic carbocycles. The molecule has 5 rings (SSSR count). The number of methoxy groups -OCH3 is 1. The minimum atomic E-state index is -4.99. The highest BCUT2D eigenvalue weighted by atomic mass is 35.5. The van der Waals surface area contributed by atoms with Crippen LogP contribution in [0.2, 0.25) is 10.0 Å². The van der Waals surface area contributed by atoms with E-state index in [4.69, 9.17) is 41.8 Å². The molecule has 2 heterocycles. The summed E-state index contributed by atoms with van der Waals surface area (Å²) >= 11 is 12.2. The lowest BCUT2D eigenvalue weighted by molar-refractivity contribution is -0.154. The number of hydrogen-bond donors (Lipinski definition) is 0. The van der Waals surface area contributed by atoms with E-state index in [1.165, 1.54) is 37.4 Å². The fourth-order valence-corrected chi connectivity index (χ4v) is 4.68. The second-order valence-corrected chi connectivity index (χ2v) is 9.44. The van der Waals surface area contributed by atoms with Crippen molar-refractivity contribution in [2.45, 2.75) is 19.1 Å². The number of hydrogen-bond acceptors (Lipinski definition) is 6. The Labute approximate surface area is 225 Å². The van der Waals surface area contributed by atoms with Crippen LogP contribution in [0.4, 0.5) is 13.2 Å². The second-order valence-electron chi connectivity index (χ2n) is 8.60. The lowest BCUT2D eigenvalue weighted by Gasteiger charge is -2.29. The van der Waals surface area contributed by atoms with E-state index < -0.39 is 23.1 Å². The summed E-state index contributed by atoms with van der Waals surface area (Å²) in [4.78, 5) is 15.2. The Balaban J connectivity index is 1.50. The summed E-state index contributed by atoms with van der Waals surface area (Å²) in [6, 6.07) is 13.9. The van der Waals surface area contributed by atoms with Gasteiger partial charge in [-0.2, -0.15) is 13.2 Å². The molecule has 3 aromatic carbocycles. The molecule has 0 radical (unpaired) electrons. The number of benzene rings is 3. The monoisotopic (exact) mass is 565 g/mol. The predicted octanol–water partition coefficient (Wildman–Crippen LogP) is 7.31. The van der Waals surface area contributed by atoms with Gasteiger partial charge in [0.2, 0.25) is 11.2 Å². The van der Waals surface area contributed by atoms with Crippen LogP contribution in [0.1, 0.15) is 16.9 Å². The molecule has 0 amide bonds. The molecule has 1 aliphatic rings. The summed E-state index contributed by atoms with van der Waals surface area (Å²) < 4.78 is 63.8. The molecular weight excluding hydrogens is 546 g/mol. The van der Waals surface area contributed by atoms with Crippen molar-refractivity contribution in [3.63, 3.8) is 0 Å². The van der Waals surface area contributed by atoms with Crippen LogP contribution in [0, 0.1) is 0 Å². The summed E-state index contributed by atoms with van der Waals surface area (Å²) in [6.45, 7) is 0.905. The number of alkyl halides is 3. The van der Waals surface area contributed by atoms with Gasteiger partial charge in [-0.3, -0.25) is 9.69 Å². The first-order valence-corrected chi connectivity index (χ1v) is 12.2. The Morgan fingerprint density at radius 1 is 1.03 bits per heavy atom. The molecule has 0 atom stereocenters. The molecule has 11 heteroatoms. The van der Waals surface area contributed by atoms with Gasteiger partial charge in [0.15, 0.2) is 0 Å². The van der Waals surface area contributed by atoms with Gasteiger partial charge in [-0.15, -0.1) is 0 Å². The van der Waals surface area contributed by atoms with E-state index in [1.807, 2.05) is 11.0 Å². The summed E-state index contributed by atoms with van der Waals surface area (Å²) in [7, 11) is 1.45. The molecular formula is C27H20Cl2F3NO5. The van der Waals surface area contributed by atoms with Crippen LogP contribution in [-0.2, 0) is 19.1 Å². The van der Waals surface area contributed by atoms with Gasteiger partial charge >= 0.3 is 6.18 Å². The van der Waals surface area contributed by atoms with Crippen LogP contribution in [-0.4, -0.2) is 25.3 Å². The van der Waals surface area contributed by atoms with E-state index in [2.05, 4.69) is 0 Å². The molecule has 0 fully saturated rings. The van der Waals surface area contributed by atoms with Gasteiger partial charge in [-0.1, -0.05) is 29.3 Å². The van der Waals surface area contributed by atoms with E-state index in [0.717, 1.165) is 5.56 Å². The maximum atomic E-state index is 14.1. The highest BCUT2D eigenvalue weighted by Crippen LogP contribution is 2.41. The quantitative estimate of drug-likeness (QED) is 0.244. The lowest BCUT2D eigenvalue weighted by Crippen LogP contribution is -2.34. The molecule has 0 unspecified atom stereocenters. The fourth-order valence-electron chi connectivity index (χ4n) is 4.18. The molecule has 0 spiro atoms. The maximum Gasteiger partial charge on any atom is 0.453 e. The van der Waals surface area contributed by atoms with Gasteiger partial charge in [0.1, 0.15) is 29.6 Å². The average molecular weight is 566 g/mol. The van der Waals surface area contributed by atoms with Crippen molar-refractivity contribution in [1.82, 2.24) is 4.90 Å². The van der Waals surface area contributed by atoms with Gasteiger partial charge < -0.3 is 18.6 Å². The normalized spacial score (nSPS) is 13.7. The highest BCUT2D eigenvalue weighted by Gasteiger charge is 2.41. The minimum Gasteiger partial charge on any atom is -0.497 e. The van der Waals surface area contributed by atoms with E-state index in [1.54, 1.807) is 18.2 Å². The predicted molar refractivity (Wildman–Crippen MR) is 137 cm³/mol. The first-order valence-electron chi connectivity index (χ1n) is 11.4. The van der Waals surface area contributed by atoms with Crippen molar-refractivity contribution in [2.24, 2.45) is 0 Å². The molecule has 0 saturated carbocycles. The first kappa shape index (κ1) is 26.2. The summed E-state index contributed by atoms with van der Waals surface area (Å²) in [5.74, 6) is -1.62. The van der Waals surface area contributed by atoms with Crippen molar-refractivity contribution in [2.75, 3.05) is 20.4 Å². The third-order valence-corrected chi connectivity index (χ3v) is 6.70. The zero-order valence-electron chi connectivity index (χ0n) is 19.9. The fraction of sp³-hybridized carbons (Fsp3) is 0.222. The lowest BCUT2D eigenvalue weighted by atomic mass is 10.1. The Morgan fingerprint density at radius 3 is 2.45 bits per heavy atom. The second kappa shape index (κ2) is 10.4. The number of halogens is 5. The van der Waals surface area contributed by atoms with Gasteiger partial charge in [-0.25, -0.2) is 0 Å². The Bertz CT molecular complexity index is 1550. The van der Waals surface area contributed by atoms with E-state index in [-0.39, 0.29) is 30.0 Å². The standard InChI is InChI=1S/C27H20Cl2F3NO5/c1-35-17-4-6-18(7-5-17)37-25-23(34)19-8-9-22-20(24(19)38-26(25)27(30,31)32)13-33(14-36-22)11-10-15-2-3-16(28)12-21(15)29/h2-9,12H,10-11,13-14H2,1H3. The zero-order chi connectivity index (χ0) is 27.0. The number of rotatable bonds is 6. The molecule has 1 aromatic heterocycles. The molecule has 1 aliphatic heterocycles. The van der Waals surface area contributed by atoms with Crippen molar-refractivity contribution >= 4 is 34.2 Å². The molecule has 0 saturated heterocycles. The van der Waals surface area contributed by atoms with E-state index in [9.17, 15) is 18.0 Å². The van der Waals surface area contributed by atoms with Crippen molar-refractivity contribution in [3.8, 4) is 23.0 Å². The Hall–Kier alpha value is -3.40. The molecule has 6 nitrogen and oxygen atoms in total. The highest BCUT2D eigenvalue weighted by molar-refractivity contribution is 6.35. The van der Waals surface area contributed by atoms with Gasteiger partial charge in [0.25, 0.3) is 5.76 Å². The molecule has 0 bridgehead atoms. The van der Waals surface area contributed by atoms with Crippen LogP contribution < -0.4 is 19.6 Å². The molecule has 38 heavy (non-hydrogen) atoms. The van der Waals surface area contributed by atoms with Gasteiger partial charge in [0.05, 0.1) is 18.1 Å². The van der Waals surface area contributed by atoms with Crippen LogP contribution in [0.3, 0.4) is 0 Å². The SMILES string of the molecule is COc1ccc(Oc2c(C(F)(F)F)oc3c4c(ccc3c2=O)OCN(CCc2ccc(Cl)cc2Cl)C4)cc1. The maximum absolute atomic E-state index is 14.1. The smallest absolute Gasteiger partial charge is 0.453 e. The molecule has 0 N–H and O–H groups in total. The number of nitrogens with zero attached hydrogens (tertiary/aromatic N) is 1. The zero-order valence-corrected chi connectivity index (χ0v) is 21.4. The Kier molecular flexibility index (Phi) is 7.17. The number of fused-ring (bicyclic) bond motifs is 3. The minimum absolute atomic E-state index is 0.0243. The van der Waals surface area contributed by atoms with Crippen LogP contribution in [0.15, 0.2) is 63.8 Å². The third-order valence-electron chi connectivity index (χ3n) is 6.11. The van der Waals surface area contributed by atoms with Crippen molar-refractivity contribution in [3.05, 3.63) is 91.8 Å². The third kappa shape index (κ3) is 5.27. The van der Waals surface area contributed by atoms with Crippen molar-refractivity contribution in [1.29, 1.82) is 0 Å². The molecule has 4 aromatic rings. The average Bonchev–Trinajstić information content (AvgIpc) is 2.89. The summed E-state index contributed by atoms with van der Waals surface area (Å²) in [5, 5.41) is 0.990. The van der Waals surface area contributed by atoms with Crippen LogP contribution >= 0.6 is 23.2 Å². The van der Waals surface area contributed by atoms with Crippen molar-refractivity contribution < 1.29 is 31.8 Å². The first-order chi connectivity index (χ1) is 18.1. The van der Waals surface area contributed by atoms with Crippen LogP contribution in [0.5, 0.6) is 23.0 Å². The molecule has 198 valence electrons. The van der Waals surface area contributed by atoms with Gasteiger partial charge in [0, 0.05) is 23.1 Å². The topological polar surface area (TPSA) is 61.1 Å². The van der Waals surface area contributed by atoms with E-state index in [0.29, 0.717) is 40.1 Å². The summed E-state index contributed by atoms with van der Waals surface area (Å²) in [5.41, 5.74) is 0.0685. The van der Waals surface area contributed by atoms with Crippen LogP contribution in [0.25, 0.3) is 11.0 Å². The number of ether oxygens (including phenoxy) is 3.